The predicted molar refractivity (Wildman–Crippen MR) is 90.5 cm³/mol. The standard InChI is InChI=1S/C19H25NO2/c1-2-10-18-16(7-1)8-5-11-19(18)22-13-4-3-12-20-15-17-9-6-14-21-17/h1-2,5,7-8,10-11,17,20H,3-4,6,9,12-15H2/t17-/m0/s1. The van der Waals surface area contributed by atoms with E-state index in [0.717, 1.165) is 44.9 Å². The molecule has 3 heteroatoms. The zero-order valence-electron chi connectivity index (χ0n) is 13.1. The summed E-state index contributed by atoms with van der Waals surface area (Å²) in [6.45, 7) is 3.74. The number of ether oxygens (including phenoxy) is 2. The Morgan fingerprint density at radius 3 is 2.91 bits per heavy atom. The Bertz CT molecular complexity index is 573. The molecule has 3 rings (SSSR count). The zero-order chi connectivity index (χ0) is 15.0. The average molecular weight is 299 g/mol. The minimum absolute atomic E-state index is 0.437. The highest BCUT2D eigenvalue weighted by molar-refractivity contribution is 5.88. The molecule has 1 saturated heterocycles. The van der Waals surface area contributed by atoms with Gasteiger partial charge in [0.1, 0.15) is 5.75 Å². The molecule has 1 N–H and O–H groups in total. The van der Waals surface area contributed by atoms with E-state index in [1.807, 2.05) is 0 Å². The van der Waals surface area contributed by atoms with Gasteiger partial charge in [0.15, 0.2) is 0 Å². The van der Waals surface area contributed by atoms with Gasteiger partial charge in [-0.05, 0) is 43.7 Å². The number of nitrogens with one attached hydrogen (secondary N) is 1. The second kappa shape index (κ2) is 8.16. The third kappa shape index (κ3) is 4.21. The van der Waals surface area contributed by atoms with Crippen LogP contribution in [0.3, 0.4) is 0 Å². The lowest BCUT2D eigenvalue weighted by Crippen LogP contribution is -2.27. The Kier molecular flexibility index (Phi) is 5.68. The van der Waals surface area contributed by atoms with Crippen molar-refractivity contribution in [2.45, 2.75) is 31.8 Å². The molecule has 0 aromatic heterocycles. The maximum atomic E-state index is 5.95. The van der Waals surface area contributed by atoms with E-state index in [4.69, 9.17) is 9.47 Å². The van der Waals surface area contributed by atoms with Crippen LogP contribution in [0.5, 0.6) is 5.75 Å². The first-order chi connectivity index (χ1) is 10.9. The van der Waals surface area contributed by atoms with E-state index < -0.39 is 0 Å². The molecular weight excluding hydrogens is 274 g/mol. The third-order valence-electron chi connectivity index (χ3n) is 4.15. The highest BCUT2D eigenvalue weighted by atomic mass is 16.5. The highest BCUT2D eigenvalue weighted by Gasteiger charge is 2.13. The lowest BCUT2D eigenvalue weighted by Gasteiger charge is -2.11. The largest absolute Gasteiger partial charge is 0.493 e. The summed E-state index contributed by atoms with van der Waals surface area (Å²) < 4.78 is 11.5. The summed E-state index contributed by atoms with van der Waals surface area (Å²) in [4.78, 5) is 0. The summed E-state index contributed by atoms with van der Waals surface area (Å²) >= 11 is 0. The van der Waals surface area contributed by atoms with Crippen LogP contribution in [0.4, 0.5) is 0 Å². The summed E-state index contributed by atoms with van der Waals surface area (Å²) in [5, 5.41) is 5.91. The lowest BCUT2D eigenvalue weighted by molar-refractivity contribution is 0.110. The van der Waals surface area contributed by atoms with E-state index in [1.165, 1.54) is 23.6 Å². The first-order valence-electron chi connectivity index (χ1n) is 8.36. The number of hydrogen-bond acceptors (Lipinski definition) is 3. The average Bonchev–Trinajstić information content (AvgIpc) is 3.07. The maximum Gasteiger partial charge on any atom is 0.127 e. The van der Waals surface area contributed by atoms with Gasteiger partial charge in [0.05, 0.1) is 12.7 Å². The van der Waals surface area contributed by atoms with Crippen molar-refractivity contribution in [1.82, 2.24) is 5.32 Å². The number of benzene rings is 2. The van der Waals surface area contributed by atoms with Crippen molar-refractivity contribution in [2.24, 2.45) is 0 Å². The Hall–Kier alpha value is -1.58. The molecule has 2 aromatic rings. The third-order valence-corrected chi connectivity index (χ3v) is 4.15. The molecule has 0 bridgehead atoms. The summed E-state index contributed by atoms with van der Waals surface area (Å²) in [5.74, 6) is 0.991. The summed E-state index contributed by atoms with van der Waals surface area (Å²) in [6.07, 6.45) is 5.06. The molecule has 0 aliphatic carbocycles. The van der Waals surface area contributed by atoms with Gasteiger partial charge in [-0.2, -0.15) is 0 Å². The molecule has 1 atom stereocenters. The fraction of sp³-hybridized carbons (Fsp3) is 0.474. The van der Waals surface area contributed by atoms with Crippen LogP contribution >= 0.6 is 0 Å². The van der Waals surface area contributed by atoms with Crippen LogP contribution in [0.2, 0.25) is 0 Å². The van der Waals surface area contributed by atoms with Crippen molar-refractivity contribution < 1.29 is 9.47 Å². The molecule has 0 unspecified atom stereocenters. The first kappa shape index (κ1) is 15.3. The van der Waals surface area contributed by atoms with E-state index in [2.05, 4.69) is 47.8 Å². The Morgan fingerprint density at radius 2 is 2.00 bits per heavy atom. The normalized spacial score (nSPS) is 17.9. The summed E-state index contributed by atoms with van der Waals surface area (Å²) in [6, 6.07) is 14.6. The smallest absolute Gasteiger partial charge is 0.127 e. The van der Waals surface area contributed by atoms with Crippen LogP contribution in [-0.2, 0) is 4.74 Å². The molecule has 118 valence electrons. The maximum absolute atomic E-state index is 5.95. The van der Waals surface area contributed by atoms with E-state index in [9.17, 15) is 0 Å². The molecule has 0 spiro atoms. The van der Waals surface area contributed by atoms with Crippen LogP contribution in [-0.4, -0.2) is 32.4 Å². The Balaban J connectivity index is 1.34. The zero-order valence-corrected chi connectivity index (χ0v) is 13.1. The molecule has 3 nitrogen and oxygen atoms in total. The van der Waals surface area contributed by atoms with Gasteiger partial charge in [0, 0.05) is 18.5 Å². The summed E-state index contributed by atoms with van der Waals surface area (Å²) in [7, 11) is 0. The second-order valence-corrected chi connectivity index (χ2v) is 5.87. The lowest BCUT2D eigenvalue weighted by atomic mass is 10.1. The highest BCUT2D eigenvalue weighted by Crippen LogP contribution is 2.25. The van der Waals surface area contributed by atoms with Gasteiger partial charge in [-0.1, -0.05) is 36.4 Å². The SMILES string of the molecule is c1ccc2c(OCCCCNC[C@@H]3CCCO3)cccc2c1. The molecule has 1 aliphatic heterocycles. The van der Waals surface area contributed by atoms with Gasteiger partial charge < -0.3 is 14.8 Å². The second-order valence-electron chi connectivity index (χ2n) is 5.87. The molecule has 22 heavy (non-hydrogen) atoms. The Labute approximate surface area is 132 Å². The van der Waals surface area contributed by atoms with E-state index in [0.29, 0.717) is 6.10 Å². The molecule has 0 amide bonds. The molecule has 1 heterocycles. The minimum Gasteiger partial charge on any atom is -0.493 e. The Morgan fingerprint density at radius 1 is 1.09 bits per heavy atom. The molecule has 0 saturated carbocycles. The number of fused-ring (bicyclic) bond motifs is 1. The first-order valence-corrected chi connectivity index (χ1v) is 8.36. The quantitative estimate of drug-likeness (QED) is 0.753. The molecule has 1 fully saturated rings. The van der Waals surface area contributed by atoms with E-state index in [-0.39, 0.29) is 0 Å². The van der Waals surface area contributed by atoms with Crippen molar-refractivity contribution in [3.05, 3.63) is 42.5 Å². The van der Waals surface area contributed by atoms with Crippen LogP contribution < -0.4 is 10.1 Å². The van der Waals surface area contributed by atoms with Crippen molar-refractivity contribution in [3.8, 4) is 5.75 Å². The molecule has 1 aliphatic rings. The van der Waals surface area contributed by atoms with Crippen molar-refractivity contribution in [2.75, 3.05) is 26.3 Å². The van der Waals surface area contributed by atoms with Crippen LogP contribution in [0.25, 0.3) is 10.8 Å². The van der Waals surface area contributed by atoms with Crippen LogP contribution in [0.1, 0.15) is 25.7 Å². The predicted octanol–water partition coefficient (Wildman–Crippen LogP) is 3.77. The topological polar surface area (TPSA) is 30.5 Å². The van der Waals surface area contributed by atoms with Gasteiger partial charge in [-0.25, -0.2) is 0 Å². The van der Waals surface area contributed by atoms with Crippen LogP contribution in [0.15, 0.2) is 42.5 Å². The summed E-state index contributed by atoms with van der Waals surface area (Å²) in [5.41, 5.74) is 0. The van der Waals surface area contributed by atoms with Gasteiger partial charge in [-0.15, -0.1) is 0 Å². The fourth-order valence-corrected chi connectivity index (χ4v) is 2.92. The van der Waals surface area contributed by atoms with Crippen molar-refractivity contribution >= 4 is 10.8 Å². The molecule has 0 radical (unpaired) electrons. The minimum atomic E-state index is 0.437. The van der Waals surface area contributed by atoms with Crippen molar-refractivity contribution in [1.29, 1.82) is 0 Å². The molecular formula is C19H25NO2. The van der Waals surface area contributed by atoms with E-state index >= 15 is 0 Å². The van der Waals surface area contributed by atoms with E-state index in [1.54, 1.807) is 0 Å². The van der Waals surface area contributed by atoms with Gasteiger partial charge in [-0.3, -0.25) is 0 Å². The van der Waals surface area contributed by atoms with Crippen molar-refractivity contribution in [3.63, 3.8) is 0 Å². The van der Waals surface area contributed by atoms with Gasteiger partial charge in [0.2, 0.25) is 0 Å². The van der Waals surface area contributed by atoms with Gasteiger partial charge >= 0.3 is 0 Å². The monoisotopic (exact) mass is 299 g/mol. The molecule has 2 aromatic carbocycles. The van der Waals surface area contributed by atoms with Gasteiger partial charge in [0.25, 0.3) is 0 Å². The number of rotatable bonds is 8. The fourth-order valence-electron chi connectivity index (χ4n) is 2.92. The number of hydrogen-bond donors (Lipinski definition) is 1. The number of unbranched alkanes of at least 4 members (excludes halogenated alkanes) is 1. The van der Waals surface area contributed by atoms with Crippen LogP contribution in [0, 0.1) is 0 Å².